The fourth-order valence-electron chi connectivity index (χ4n) is 2.84. The van der Waals surface area contributed by atoms with Gasteiger partial charge in [-0.1, -0.05) is 6.07 Å². The number of alkyl halides is 3. The van der Waals surface area contributed by atoms with E-state index in [2.05, 4.69) is 5.32 Å². The van der Waals surface area contributed by atoms with Crippen molar-refractivity contribution in [1.82, 2.24) is 10.2 Å². The van der Waals surface area contributed by atoms with Gasteiger partial charge in [0.25, 0.3) is 0 Å². The summed E-state index contributed by atoms with van der Waals surface area (Å²) in [4.78, 5) is 27.3. The monoisotopic (exact) mass is 401 g/mol. The molecule has 1 aliphatic heterocycles. The number of hydrogen-bond acceptors (Lipinski definition) is 4. The van der Waals surface area contributed by atoms with E-state index in [0.29, 0.717) is 31.9 Å². The number of benzene rings is 1. The molecule has 1 aromatic carbocycles. The second-order valence-electron chi connectivity index (χ2n) is 7.59. The highest BCUT2D eigenvalue weighted by atomic mass is 19.4. The maximum Gasteiger partial charge on any atom is 0.416 e. The lowest BCUT2D eigenvalue weighted by Gasteiger charge is -2.36. The quantitative estimate of drug-likeness (QED) is 0.841. The van der Waals surface area contributed by atoms with E-state index in [9.17, 15) is 22.8 Å². The molecule has 2 amide bonds. The fraction of sp³-hybridized carbons (Fsp3) is 0.579. The highest BCUT2D eigenvalue weighted by molar-refractivity contribution is 5.77. The SMILES string of the molecule is CC(C)(C)OC(=O)NCCC(=O)N1CCN(c2cccc(C(F)(F)F)c2)CC1. The van der Waals surface area contributed by atoms with Crippen LogP contribution in [0.2, 0.25) is 0 Å². The van der Waals surface area contributed by atoms with Crippen molar-refractivity contribution in [3.8, 4) is 0 Å². The minimum Gasteiger partial charge on any atom is -0.444 e. The van der Waals surface area contributed by atoms with E-state index >= 15 is 0 Å². The summed E-state index contributed by atoms with van der Waals surface area (Å²) in [5.41, 5.74) is -0.793. The van der Waals surface area contributed by atoms with Crippen molar-refractivity contribution in [3.05, 3.63) is 29.8 Å². The Balaban J connectivity index is 1.79. The zero-order valence-corrected chi connectivity index (χ0v) is 16.3. The highest BCUT2D eigenvalue weighted by Gasteiger charge is 2.31. The van der Waals surface area contributed by atoms with Crippen LogP contribution in [0.15, 0.2) is 24.3 Å². The number of rotatable bonds is 4. The Bertz CT molecular complexity index is 694. The number of ether oxygens (including phenoxy) is 1. The molecule has 0 unspecified atom stereocenters. The van der Waals surface area contributed by atoms with Crippen LogP contribution >= 0.6 is 0 Å². The third-order valence-electron chi connectivity index (χ3n) is 4.18. The number of amides is 2. The molecule has 1 fully saturated rings. The lowest BCUT2D eigenvalue weighted by molar-refractivity contribution is -0.137. The Morgan fingerprint density at radius 1 is 1.11 bits per heavy atom. The van der Waals surface area contributed by atoms with Crippen molar-refractivity contribution >= 4 is 17.7 Å². The molecule has 0 saturated carbocycles. The van der Waals surface area contributed by atoms with Crippen molar-refractivity contribution < 1.29 is 27.5 Å². The van der Waals surface area contributed by atoms with Gasteiger partial charge in [0.05, 0.1) is 5.56 Å². The van der Waals surface area contributed by atoms with E-state index in [1.165, 1.54) is 6.07 Å². The van der Waals surface area contributed by atoms with Crippen LogP contribution in [0.3, 0.4) is 0 Å². The molecule has 2 rings (SSSR count). The van der Waals surface area contributed by atoms with Gasteiger partial charge in [0.2, 0.25) is 5.91 Å². The van der Waals surface area contributed by atoms with Crippen molar-refractivity contribution in [2.75, 3.05) is 37.6 Å². The van der Waals surface area contributed by atoms with Crippen molar-refractivity contribution in [2.45, 2.75) is 39.0 Å². The predicted octanol–water partition coefficient (Wildman–Crippen LogP) is 3.27. The van der Waals surface area contributed by atoms with Gasteiger partial charge in [-0.3, -0.25) is 4.79 Å². The minimum absolute atomic E-state index is 0.111. The average molecular weight is 401 g/mol. The minimum atomic E-state index is -4.38. The molecule has 1 aromatic rings. The number of carbonyl (C=O) groups is 2. The first-order valence-electron chi connectivity index (χ1n) is 9.12. The van der Waals surface area contributed by atoms with Gasteiger partial charge in [0.15, 0.2) is 0 Å². The summed E-state index contributed by atoms with van der Waals surface area (Å²) in [6.07, 6.45) is -4.81. The van der Waals surface area contributed by atoms with Crippen LogP contribution in [0.5, 0.6) is 0 Å². The standard InChI is InChI=1S/C19H26F3N3O3/c1-18(2,3)28-17(27)23-8-7-16(26)25-11-9-24(10-12-25)15-6-4-5-14(13-15)19(20,21)22/h4-6,13H,7-12H2,1-3H3,(H,23,27). The first kappa shape index (κ1) is 21.8. The van der Waals surface area contributed by atoms with E-state index in [-0.39, 0.29) is 18.9 Å². The van der Waals surface area contributed by atoms with Gasteiger partial charge in [0, 0.05) is 44.8 Å². The number of carbonyl (C=O) groups excluding carboxylic acids is 2. The molecule has 0 bridgehead atoms. The summed E-state index contributed by atoms with van der Waals surface area (Å²) in [6.45, 7) is 7.16. The van der Waals surface area contributed by atoms with Crippen LogP contribution in [0.1, 0.15) is 32.8 Å². The van der Waals surface area contributed by atoms with Gasteiger partial charge < -0.3 is 19.9 Å². The van der Waals surface area contributed by atoms with Crippen molar-refractivity contribution in [3.63, 3.8) is 0 Å². The smallest absolute Gasteiger partial charge is 0.416 e. The van der Waals surface area contributed by atoms with Gasteiger partial charge in [-0.05, 0) is 39.0 Å². The van der Waals surface area contributed by atoms with E-state index < -0.39 is 23.4 Å². The molecule has 28 heavy (non-hydrogen) atoms. The van der Waals surface area contributed by atoms with E-state index in [1.807, 2.05) is 4.90 Å². The van der Waals surface area contributed by atoms with Gasteiger partial charge >= 0.3 is 12.3 Å². The average Bonchev–Trinajstić information content (AvgIpc) is 2.59. The van der Waals surface area contributed by atoms with E-state index in [1.54, 1.807) is 31.7 Å². The van der Waals surface area contributed by atoms with Crippen LogP contribution in [-0.4, -0.2) is 55.2 Å². The third-order valence-corrected chi connectivity index (χ3v) is 4.18. The topological polar surface area (TPSA) is 61.9 Å². The number of anilines is 1. The van der Waals surface area contributed by atoms with Crippen LogP contribution in [0.25, 0.3) is 0 Å². The summed E-state index contributed by atoms with van der Waals surface area (Å²) >= 11 is 0. The Morgan fingerprint density at radius 3 is 2.32 bits per heavy atom. The molecule has 6 nitrogen and oxygen atoms in total. The number of piperazine rings is 1. The van der Waals surface area contributed by atoms with Crippen molar-refractivity contribution in [1.29, 1.82) is 0 Å². The summed E-state index contributed by atoms with van der Waals surface area (Å²) in [6, 6.07) is 5.19. The molecule has 0 aromatic heterocycles. The molecule has 9 heteroatoms. The molecule has 1 N–H and O–H groups in total. The van der Waals surface area contributed by atoms with Crippen molar-refractivity contribution in [2.24, 2.45) is 0 Å². The normalized spacial score (nSPS) is 15.4. The zero-order valence-electron chi connectivity index (χ0n) is 16.3. The second-order valence-corrected chi connectivity index (χ2v) is 7.59. The first-order chi connectivity index (χ1) is 13.0. The fourth-order valence-corrected chi connectivity index (χ4v) is 2.84. The maximum absolute atomic E-state index is 12.9. The second kappa shape index (κ2) is 8.70. The van der Waals surface area contributed by atoms with Gasteiger partial charge in [0.1, 0.15) is 5.60 Å². The number of hydrogen-bond donors (Lipinski definition) is 1. The molecule has 1 saturated heterocycles. The number of halogens is 3. The third kappa shape index (κ3) is 6.61. The lowest BCUT2D eigenvalue weighted by Crippen LogP contribution is -2.49. The molecule has 1 heterocycles. The van der Waals surface area contributed by atoms with Crippen LogP contribution in [-0.2, 0) is 15.7 Å². The molecular weight excluding hydrogens is 375 g/mol. The van der Waals surface area contributed by atoms with E-state index in [4.69, 9.17) is 4.74 Å². The summed E-state index contributed by atoms with van der Waals surface area (Å²) in [7, 11) is 0. The Labute approximate surface area is 162 Å². The highest BCUT2D eigenvalue weighted by Crippen LogP contribution is 2.31. The maximum atomic E-state index is 12.9. The number of alkyl carbamates (subject to hydrolysis) is 1. The van der Waals surface area contributed by atoms with Gasteiger partial charge in [-0.25, -0.2) is 4.79 Å². The molecule has 0 aliphatic carbocycles. The first-order valence-corrected chi connectivity index (χ1v) is 9.12. The Hall–Kier alpha value is -2.45. The molecule has 0 spiro atoms. The lowest BCUT2D eigenvalue weighted by atomic mass is 10.1. The summed E-state index contributed by atoms with van der Waals surface area (Å²) in [5.74, 6) is -0.111. The molecule has 156 valence electrons. The van der Waals surface area contributed by atoms with Gasteiger partial charge in [-0.2, -0.15) is 13.2 Å². The number of nitrogens with one attached hydrogen (secondary N) is 1. The molecular formula is C19H26F3N3O3. The summed E-state index contributed by atoms with van der Waals surface area (Å²) in [5, 5.41) is 2.54. The Morgan fingerprint density at radius 2 is 1.75 bits per heavy atom. The summed E-state index contributed by atoms with van der Waals surface area (Å²) < 4.78 is 43.7. The van der Waals surface area contributed by atoms with Gasteiger partial charge in [-0.15, -0.1) is 0 Å². The number of nitrogens with zero attached hydrogens (tertiary/aromatic N) is 2. The van der Waals surface area contributed by atoms with Crippen LogP contribution < -0.4 is 10.2 Å². The molecule has 1 aliphatic rings. The predicted molar refractivity (Wildman–Crippen MR) is 99.1 cm³/mol. The molecule has 0 atom stereocenters. The zero-order chi connectivity index (χ0) is 20.9. The van der Waals surface area contributed by atoms with Crippen LogP contribution in [0, 0.1) is 0 Å². The van der Waals surface area contributed by atoms with E-state index in [0.717, 1.165) is 12.1 Å². The Kier molecular flexibility index (Phi) is 6.79. The molecule has 0 radical (unpaired) electrons. The van der Waals surface area contributed by atoms with Crippen LogP contribution in [0.4, 0.5) is 23.7 Å². The largest absolute Gasteiger partial charge is 0.444 e.